The van der Waals surface area contributed by atoms with Crippen molar-refractivity contribution < 1.29 is 5.21 Å². The summed E-state index contributed by atoms with van der Waals surface area (Å²) in [5.41, 5.74) is 2.40. The molecule has 1 rings (SSSR count). The molecule has 0 amide bonds. The second-order valence-corrected chi connectivity index (χ2v) is 3.83. The summed E-state index contributed by atoms with van der Waals surface area (Å²) in [5, 5.41) is 11.6. The smallest absolute Gasteiger partial charge is 0.0701 e. The lowest BCUT2D eigenvalue weighted by atomic mass is 9.76. The summed E-state index contributed by atoms with van der Waals surface area (Å²) in [4.78, 5) is 0. The van der Waals surface area contributed by atoms with E-state index in [9.17, 15) is 0 Å². The number of hydrogen-bond donors (Lipinski definition) is 1. The van der Waals surface area contributed by atoms with Gasteiger partial charge in [0.05, 0.1) is 6.21 Å². The molecule has 0 bridgehead atoms. The Morgan fingerprint density at radius 2 is 2.25 bits per heavy atom. The minimum absolute atomic E-state index is 0.102. The summed E-state index contributed by atoms with van der Waals surface area (Å²) in [7, 11) is 0. The largest absolute Gasteiger partial charge is 0.411 e. The van der Waals surface area contributed by atoms with Gasteiger partial charge in [0.15, 0.2) is 0 Å². The molecule has 1 aliphatic rings. The second kappa shape index (κ2) is 3.13. The summed E-state index contributed by atoms with van der Waals surface area (Å²) in [6.07, 6.45) is 6.77. The quantitative estimate of drug-likeness (QED) is 0.361. The van der Waals surface area contributed by atoms with Crippen molar-refractivity contribution in [2.24, 2.45) is 10.6 Å². The Balaban J connectivity index is 3.07. The molecule has 0 radical (unpaired) electrons. The van der Waals surface area contributed by atoms with E-state index in [0.29, 0.717) is 0 Å². The zero-order valence-electron chi connectivity index (χ0n) is 7.83. The maximum Gasteiger partial charge on any atom is 0.0701 e. The first-order chi connectivity index (χ1) is 5.58. The Bertz CT molecular complexity index is 259. The third-order valence-corrected chi connectivity index (χ3v) is 2.34. The van der Waals surface area contributed by atoms with E-state index in [0.717, 1.165) is 12.0 Å². The molecular formula is C10H15NO. The van der Waals surface area contributed by atoms with Crippen molar-refractivity contribution in [3.05, 3.63) is 23.3 Å². The highest BCUT2D eigenvalue weighted by molar-refractivity contribution is 5.82. The molecule has 1 N–H and O–H groups in total. The van der Waals surface area contributed by atoms with Gasteiger partial charge < -0.3 is 5.21 Å². The minimum Gasteiger partial charge on any atom is -0.411 e. The van der Waals surface area contributed by atoms with E-state index in [1.165, 1.54) is 5.57 Å². The number of nitrogens with zero attached hydrogens (tertiary/aromatic N) is 1. The first-order valence-electron chi connectivity index (χ1n) is 4.13. The molecule has 12 heavy (non-hydrogen) atoms. The molecule has 0 atom stereocenters. The molecule has 0 aromatic heterocycles. The predicted molar refractivity (Wildman–Crippen MR) is 50.5 cm³/mol. The van der Waals surface area contributed by atoms with Gasteiger partial charge in [0.2, 0.25) is 0 Å². The molecule has 0 saturated heterocycles. The van der Waals surface area contributed by atoms with Gasteiger partial charge in [-0.2, -0.15) is 0 Å². The summed E-state index contributed by atoms with van der Waals surface area (Å²) in [5.74, 6) is 0. The van der Waals surface area contributed by atoms with Crippen LogP contribution >= 0.6 is 0 Å². The first kappa shape index (κ1) is 9.04. The lowest BCUT2D eigenvalue weighted by Crippen LogP contribution is -2.18. The maximum absolute atomic E-state index is 8.48. The van der Waals surface area contributed by atoms with Gasteiger partial charge in [-0.05, 0) is 29.9 Å². The SMILES string of the molecule is CC1=C(/C=N/O)C(C)(C)CC=C1. The van der Waals surface area contributed by atoms with E-state index in [1.807, 2.05) is 6.92 Å². The van der Waals surface area contributed by atoms with E-state index in [2.05, 4.69) is 31.2 Å². The number of oxime groups is 1. The summed E-state index contributed by atoms with van der Waals surface area (Å²) < 4.78 is 0. The fraction of sp³-hybridized carbons (Fsp3) is 0.500. The van der Waals surface area contributed by atoms with Crippen molar-refractivity contribution in [3.8, 4) is 0 Å². The van der Waals surface area contributed by atoms with Crippen LogP contribution in [0.3, 0.4) is 0 Å². The lowest BCUT2D eigenvalue weighted by Gasteiger charge is -2.28. The second-order valence-electron chi connectivity index (χ2n) is 3.83. The highest BCUT2D eigenvalue weighted by Gasteiger charge is 2.24. The zero-order chi connectivity index (χ0) is 9.19. The van der Waals surface area contributed by atoms with Crippen molar-refractivity contribution in [1.82, 2.24) is 0 Å². The molecule has 0 heterocycles. The van der Waals surface area contributed by atoms with E-state index < -0.39 is 0 Å². The monoisotopic (exact) mass is 165 g/mol. The van der Waals surface area contributed by atoms with Crippen LogP contribution in [-0.4, -0.2) is 11.4 Å². The third-order valence-electron chi connectivity index (χ3n) is 2.34. The molecule has 0 unspecified atom stereocenters. The van der Waals surface area contributed by atoms with Crippen LogP contribution in [0.25, 0.3) is 0 Å². The number of allylic oxidation sites excluding steroid dienone is 4. The van der Waals surface area contributed by atoms with Gasteiger partial charge in [-0.1, -0.05) is 31.2 Å². The normalized spacial score (nSPS) is 22.2. The molecule has 2 heteroatoms. The van der Waals surface area contributed by atoms with Gasteiger partial charge in [0.1, 0.15) is 0 Å². The zero-order valence-corrected chi connectivity index (χ0v) is 7.83. The Labute approximate surface area is 73.3 Å². The molecule has 0 aromatic carbocycles. The van der Waals surface area contributed by atoms with Gasteiger partial charge in [0.25, 0.3) is 0 Å². The van der Waals surface area contributed by atoms with Gasteiger partial charge >= 0.3 is 0 Å². The Morgan fingerprint density at radius 3 is 2.75 bits per heavy atom. The van der Waals surface area contributed by atoms with Crippen molar-refractivity contribution in [2.45, 2.75) is 27.2 Å². The van der Waals surface area contributed by atoms with Crippen LogP contribution in [0.4, 0.5) is 0 Å². The van der Waals surface area contributed by atoms with E-state index in [1.54, 1.807) is 6.21 Å². The van der Waals surface area contributed by atoms with Gasteiger partial charge in [-0.15, -0.1) is 0 Å². The van der Waals surface area contributed by atoms with Crippen LogP contribution < -0.4 is 0 Å². The third kappa shape index (κ3) is 1.58. The van der Waals surface area contributed by atoms with Crippen molar-refractivity contribution in [3.63, 3.8) is 0 Å². The highest BCUT2D eigenvalue weighted by Crippen LogP contribution is 2.35. The van der Waals surface area contributed by atoms with Crippen LogP contribution in [0.1, 0.15) is 27.2 Å². The Kier molecular flexibility index (Phi) is 2.36. The molecular weight excluding hydrogens is 150 g/mol. The number of rotatable bonds is 1. The lowest BCUT2D eigenvalue weighted by molar-refractivity contribution is 0.320. The van der Waals surface area contributed by atoms with Crippen molar-refractivity contribution in [1.29, 1.82) is 0 Å². The molecule has 66 valence electrons. The molecule has 1 aliphatic carbocycles. The average Bonchev–Trinajstić information content (AvgIpc) is 1.97. The van der Waals surface area contributed by atoms with E-state index in [4.69, 9.17) is 5.21 Å². The fourth-order valence-electron chi connectivity index (χ4n) is 1.60. The molecule has 0 spiro atoms. The van der Waals surface area contributed by atoms with Crippen molar-refractivity contribution >= 4 is 6.21 Å². The first-order valence-corrected chi connectivity index (χ1v) is 4.13. The van der Waals surface area contributed by atoms with Crippen LogP contribution in [0, 0.1) is 5.41 Å². The van der Waals surface area contributed by atoms with E-state index in [-0.39, 0.29) is 5.41 Å². The molecule has 0 saturated carbocycles. The molecule has 0 aliphatic heterocycles. The van der Waals surface area contributed by atoms with Gasteiger partial charge in [-0.25, -0.2) is 0 Å². The maximum atomic E-state index is 8.48. The van der Waals surface area contributed by atoms with Crippen molar-refractivity contribution in [2.75, 3.05) is 0 Å². The standard InChI is InChI=1S/C10H15NO/c1-8-5-4-6-10(2,3)9(8)7-11-12/h4-5,7,12H,6H2,1-3H3/b11-7+. The Morgan fingerprint density at radius 1 is 1.58 bits per heavy atom. The van der Waals surface area contributed by atoms with E-state index >= 15 is 0 Å². The topological polar surface area (TPSA) is 32.6 Å². The number of hydrogen-bond acceptors (Lipinski definition) is 2. The van der Waals surface area contributed by atoms with Crippen LogP contribution in [0.2, 0.25) is 0 Å². The Hall–Kier alpha value is -1.05. The fourth-order valence-corrected chi connectivity index (χ4v) is 1.60. The van der Waals surface area contributed by atoms with Gasteiger partial charge in [-0.3, -0.25) is 0 Å². The summed E-state index contributed by atoms with van der Waals surface area (Å²) in [6, 6.07) is 0. The highest BCUT2D eigenvalue weighted by atomic mass is 16.4. The average molecular weight is 165 g/mol. The summed E-state index contributed by atoms with van der Waals surface area (Å²) >= 11 is 0. The van der Waals surface area contributed by atoms with Gasteiger partial charge in [0, 0.05) is 0 Å². The van der Waals surface area contributed by atoms with Crippen LogP contribution in [0.15, 0.2) is 28.5 Å². The predicted octanol–water partition coefficient (Wildman–Crippen LogP) is 2.75. The minimum atomic E-state index is 0.102. The van der Waals surface area contributed by atoms with Crippen LogP contribution in [-0.2, 0) is 0 Å². The molecule has 0 aromatic rings. The molecule has 0 fully saturated rings. The van der Waals surface area contributed by atoms with Crippen LogP contribution in [0.5, 0.6) is 0 Å². The summed E-state index contributed by atoms with van der Waals surface area (Å²) in [6.45, 7) is 6.34. The molecule has 2 nitrogen and oxygen atoms in total.